The number of carbonyl (C=O) groups is 1. The predicted molar refractivity (Wildman–Crippen MR) is 102 cm³/mol. The van der Waals surface area contributed by atoms with Crippen molar-refractivity contribution in [2.75, 3.05) is 12.3 Å². The predicted octanol–water partition coefficient (Wildman–Crippen LogP) is 3.25. The van der Waals surface area contributed by atoms with E-state index in [1.165, 1.54) is 23.9 Å². The minimum absolute atomic E-state index is 0.0504. The molecule has 0 saturated carbocycles. The van der Waals surface area contributed by atoms with Crippen LogP contribution in [0.5, 0.6) is 0 Å². The lowest BCUT2D eigenvalue weighted by molar-refractivity contribution is -0.128. The molecule has 0 bridgehead atoms. The Bertz CT molecular complexity index is 930. The van der Waals surface area contributed by atoms with Crippen LogP contribution in [0.25, 0.3) is 5.69 Å². The molecule has 27 heavy (non-hydrogen) atoms. The molecule has 1 aromatic heterocycles. The first-order valence-electron chi connectivity index (χ1n) is 8.57. The van der Waals surface area contributed by atoms with Crippen LogP contribution in [0.2, 0.25) is 0 Å². The summed E-state index contributed by atoms with van der Waals surface area (Å²) >= 11 is 1.28. The van der Waals surface area contributed by atoms with Gasteiger partial charge in [0, 0.05) is 13.1 Å². The summed E-state index contributed by atoms with van der Waals surface area (Å²) in [6.07, 6.45) is 0. The molecule has 3 aromatic rings. The van der Waals surface area contributed by atoms with Gasteiger partial charge in [0.25, 0.3) is 0 Å². The third-order valence-corrected chi connectivity index (χ3v) is 4.91. The van der Waals surface area contributed by atoms with E-state index in [1.807, 2.05) is 44.2 Å². The van der Waals surface area contributed by atoms with Crippen molar-refractivity contribution in [3.05, 3.63) is 65.5 Å². The second-order valence-electron chi connectivity index (χ2n) is 6.04. The van der Waals surface area contributed by atoms with Crippen molar-refractivity contribution in [2.45, 2.75) is 25.5 Å². The van der Waals surface area contributed by atoms with Crippen molar-refractivity contribution in [3.63, 3.8) is 0 Å². The maximum atomic E-state index is 13.4. The number of carbonyl (C=O) groups excluding carboxylic acids is 1. The first kappa shape index (κ1) is 19.0. The van der Waals surface area contributed by atoms with Crippen LogP contribution < -0.4 is 0 Å². The van der Waals surface area contributed by atoms with Gasteiger partial charge >= 0.3 is 0 Å². The third-order valence-electron chi connectivity index (χ3n) is 4.01. The Morgan fingerprint density at radius 3 is 2.78 bits per heavy atom. The monoisotopic (exact) mass is 385 g/mol. The number of hydrogen-bond acceptors (Lipinski definition) is 5. The van der Waals surface area contributed by atoms with E-state index in [0.717, 1.165) is 16.8 Å². The van der Waals surface area contributed by atoms with Gasteiger partial charge < -0.3 is 4.90 Å². The molecule has 2 aromatic carbocycles. The molecule has 1 amide bonds. The van der Waals surface area contributed by atoms with Gasteiger partial charge in [0.15, 0.2) is 0 Å². The van der Waals surface area contributed by atoms with Crippen molar-refractivity contribution in [1.29, 1.82) is 0 Å². The highest BCUT2D eigenvalue weighted by atomic mass is 32.2. The second-order valence-corrected chi connectivity index (χ2v) is 6.98. The number of nitrogens with zero attached hydrogens (tertiary/aromatic N) is 5. The zero-order valence-electron chi connectivity index (χ0n) is 15.2. The lowest BCUT2D eigenvalue weighted by Gasteiger charge is -2.20. The number of thioether (sulfide) groups is 1. The molecule has 0 spiro atoms. The number of amides is 1. The Kier molecular flexibility index (Phi) is 6.18. The molecule has 0 N–H and O–H groups in total. The standard InChI is InChI=1S/C19H20FN5OS/c1-3-24(12-15-7-5-8-16(20)11-15)18(26)13-27-19-21-22-23-25(19)17-9-4-6-14(2)10-17/h4-11H,3,12-13H2,1-2H3. The Hall–Kier alpha value is -2.74. The van der Waals surface area contributed by atoms with Crippen LogP contribution in [0, 0.1) is 12.7 Å². The summed E-state index contributed by atoms with van der Waals surface area (Å²) in [6, 6.07) is 14.1. The highest BCUT2D eigenvalue weighted by Gasteiger charge is 2.16. The van der Waals surface area contributed by atoms with Gasteiger partial charge in [-0.15, -0.1) is 5.10 Å². The molecule has 0 aliphatic heterocycles. The lowest BCUT2D eigenvalue weighted by atomic mass is 10.2. The Morgan fingerprint density at radius 1 is 1.22 bits per heavy atom. The van der Waals surface area contributed by atoms with Gasteiger partial charge in [-0.25, -0.2) is 4.39 Å². The fourth-order valence-corrected chi connectivity index (χ4v) is 3.43. The molecule has 1 heterocycles. The average Bonchev–Trinajstić information content (AvgIpc) is 3.13. The first-order valence-corrected chi connectivity index (χ1v) is 9.56. The Morgan fingerprint density at radius 2 is 2.04 bits per heavy atom. The average molecular weight is 385 g/mol. The van der Waals surface area contributed by atoms with E-state index < -0.39 is 0 Å². The first-order chi connectivity index (χ1) is 13.1. The molecule has 0 fully saturated rings. The van der Waals surface area contributed by atoms with E-state index >= 15 is 0 Å². The lowest BCUT2D eigenvalue weighted by Crippen LogP contribution is -2.31. The fraction of sp³-hybridized carbons (Fsp3) is 0.263. The summed E-state index contributed by atoms with van der Waals surface area (Å²) in [5, 5.41) is 12.3. The smallest absolute Gasteiger partial charge is 0.233 e. The fourth-order valence-electron chi connectivity index (χ4n) is 2.64. The van der Waals surface area contributed by atoms with E-state index in [-0.39, 0.29) is 17.5 Å². The molecule has 8 heteroatoms. The number of benzene rings is 2. The van der Waals surface area contributed by atoms with Crippen LogP contribution in [0.1, 0.15) is 18.1 Å². The molecular formula is C19H20FN5OS. The molecule has 6 nitrogen and oxygen atoms in total. The Labute approximate surface area is 161 Å². The highest BCUT2D eigenvalue weighted by Crippen LogP contribution is 2.19. The maximum absolute atomic E-state index is 13.4. The van der Waals surface area contributed by atoms with E-state index in [2.05, 4.69) is 15.5 Å². The molecule has 0 radical (unpaired) electrons. The van der Waals surface area contributed by atoms with Crippen molar-refractivity contribution in [1.82, 2.24) is 25.1 Å². The van der Waals surface area contributed by atoms with Gasteiger partial charge in [-0.2, -0.15) is 4.68 Å². The van der Waals surface area contributed by atoms with Crippen LogP contribution in [-0.2, 0) is 11.3 Å². The van der Waals surface area contributed by atoms with Crippen LogP contribution in [0.15, 0.2) is 53.7 Å². The summed E-state index contributed by atoms with van der Waals surface area (Å²) in [7, 11) is 0. The van der Waals surface area contributed by atoms with Crippen LogP contribution >= 0.6 is 11.8 Å². The normalized spacial score (nSPS) is 10.8. The van der Waals surface area contributed by atoms with Crippen molar-refractivity contribution in [3.8, 4) is 5.69 Å². The van der Waals surface area contributed by atoms with E-state index in [1.54, 1.807) is 15.6 Å². The molecular weight excluding hydrogens is 365 g/mol. The summed E-state index contributed by atoms with van der Waals surface area (Å²) in [4.78, 5) is 14.3. The summed E-state index contributed by atoms with van der Waals surface area (Å²) < 4.78 is 15.0. The van der Waals surface area contributed by atoms with Gasteiger partial charge in [-0.3, -0.25) is 4.79 Å². The van der Waals surface area contributed by atoms with Crippen molar-refractivity contribution < 1.29 is 9.18 Å². The van der Waals surface area contributed by atoms with Crippen molar-refractivity contribution in [2.24, 2.45) is 0 Å². The van der Waals surface area contributed by atoms with Crippen LogP contribution in [0.4, 0.5) is 4.39 Å². The van der Waals surface area contributed by atoms with Crippen molar-refractivity contribution >= 4 is 17.7 Å². The molecule has 0 saturated heterocycles. The highest BCUT2D eigenvalue weighted by molar-refractivity contribution is 7.99. The van der Waals surface area contributed by atoms with Gasteiger partial charge in [-0.05, 0) is 59.7 Å². The second kappa shape index (κ2) is 8.77. The van der Waals surface area contributed by atoms with Crippen LogP contribution in [0.3, 0.4) is 0 Å². The van der Waals surface area contributed by atoms with E-state index in [4.69, 9.17) is 0 Å². The molecule has 3 rings (SSSR count). The topological polar surface area (TPSA) is 63.9 Å². The minimum atomic E-state index is -0.303. The zero-order chi connectivity index (χ0) is 19.2. The number of aromatic nitrogens is 4. The quantitative estimate of drug-likeness (QED) is 0.584. The van der Waals surface area contributed by atoms with Gasteiger partial charge in [0.2, 0.25) is 11.1 Å². The van der Waals surface area contributed by atoms with Crippen LogP contribution in [-0.4, -0.2) is 43.3 Å². The van der Waals surface area contributed by atoms with Gasteiger partial charge in [0.1, 0.15) is 5.82 Å². The number of tetrazole rings is 1. The summed E-state index contributed by atoms with van der Waals surface area (Å²) in [6.45, 7) is 4.81. The number of hydrogen-bond donors (Lipinski definition) is 0. The largest absolute Gasteiger partial charge is 0.338 e. The zero-order valence-corrected chi connectivity index (χ0v) is 16.0. The van der Waals surface area contributed by atoms with Gasteiger partial charge in [-0.1, -0.05) is 36.0 Å². The number of halogens is 1. The molecule has 0 aliphatic carbocycles. The SMILES string of the molecule is CCN(Cc1cccc(F)c1)C(=O)CSc1nnnn1-c1cccc(C)c1. The number of rotatable bonds is 7. The summed E-state index contributed by atoms with van der Waals surface area (Å²) in [5.41, 5.74) is 2.71. The minimum Gasteiger partial charge on any atom is -0.338 e. The van der Waals surface area contributed by atoms with Gasteiger partial charge in [0.05, 0.1) is 11.4 Å². The number of aryl methyl sites for hydroxylation is 1. The third kappa shape index (κ3) is 4.91. The maximum Gasteiger partial charge on any atom is 0.233 e. The molecule has 0 atom stereocenters. The molecule has 0 unspecified atom stereocenters. The van der Waals surface area contributed by atoms with E-state index in [0.29, 0.717) is 18.2 Å². The molecule has 0 aliphatic rings. The molecule has 140 valence electrons. The van der Waals surface area contributed by atoms with E-state index in [9.17, 15) is 9.18 Å². The Balaban J connectivity index is 1.66. The summed E-state index contributed by atoms with van der Waals surface area (Å²) in [5.74, 6) is -0.150.